The largest absolute Gasteiger partial charge is 0.437 e. The minimum atomic E-state index is -4.66. The Hall–Kier alpha value is -3.50. The molecule has 1 aliphatic rings. The van der Waals surface area contributed by atoms with Gasteiger partial charge in [0.05, 0.1) is 16.9 Å². The smallest absolute Gasteiger partial charge is 0.425 e. The summed E-state index contributed by atoms with van der Waals surface area (Å²) in [6.45, 7) is -2.21. The molecule has 0 unspecified atom stereocenters. The lowest BCUT2D eigenvalue weighted by molar-refractivity contribution is -0.196. The number of halogens is 5. The van der Waals surface area contributed by atoms with E-state index in [1.54, 1.807) is 18.2 Å². The first-order chi connectivity index (χ1) is 16.0. The van der Waals surface area contributed by atoms with Gasteiger partial charge < -0.3 is 19.8 Å². The maximum atomic E-state index is 12.7. The molecule has 0 aliphatic heterocycles. The standard InChI is InChI=1S/C23H22F5N3O3/c1-12(23(26,27)28)33-22(32)30-14-7-5-13(6-8-14)20-19(29)17-10-9-16(34-21(24)25)11-18(17)31(20)15-3-2-4-15/h5-12,15,21H,2-4,29H2,1H3,(H,30,32)/t12-/m1/s1. The van der Waals surface area contributed by atoms with Crippen LogP contribution in [0.3, 0.4) is 0 Å². The quantitative estimate of drug-likeness (QED) is 0.382. The Morgan fingerprint density at radius 1 is 1.15 bits per heavy atom. The molecule has 0 spiro atoms. The Labute approximate surface area is 191 Å². The van der Waals surface area contributed by atoms with E-state index in [0.717, 1.165) is 26.2 Å². The molecule has 1 aliphatic carbocycles. The minimum absolute atomic E-state index is 0.0262. The summed E-state index contributed by atoms with van der Waals surface area (Å²) < 4.78 is 74.1. The first-order valence-corrected chi connectivity index (χ1v) is 10.6. The molecule has 0 saturated heterocycles. The molecule has 3 aromatic rings. The van der Waals surface area contributed by atoms with Gasteiger partial charge in [0.15, 0.2) is 6.10 Å². The molecule has 3 N–H and O–H groups in total. The molecule has 1 fully saturated rings. The van der Waals surface area contributed by atoms with Crippen molar-refractivity contribution < 1.29 is 36.2 Å². The normalized spacial score (nSPS) is 15.3. The molecule has 4 rings (SSSR count). The molecule has 1 amide bonds. The van der Waals surface area contributed by atoms with Crippen LogP contribution in [-0.2, 0) is 4.74 Å². The van der Waals surface area contributed by atoms with Crippen LogP contribution < -0.4 is 15.8 Å². The number of anilines is 2. The van der Waals surface area contributed by atoms with Gasteiger partial charge >= 0.3 is 18.9 Å². The van der Waals surface area contributed by atoms with E-state index in [4.69, 9.17) is 5.73 Å². The number of ether oxygens (including phenoxy) is 2. The molecule has 1 heterocycles. The van der Waals surface area contributed by atoms with Gasteiger partial charge in [-0.3, -0.25) is 5.32 Å². The number of nitrogens with one attached hydrogen (secondary N) is 1. The maximum absolute atomic E-state index is 12.7. The molecule has 0 bridgehead atoms. The highest BCUT2D eigenvalue weighted by Crippen LogP contribution is 2.45. The number of alkyl halides is 5. The fourth-order valence-corrected chi connectivity index (χ4v) is 3.90. The van der Waals surface area contributed by atoms with Crippen LogP contribution in [0.25, 0.3) is 22.2 Å². The van der Waals surface area contributed by atoms with E-state index in [1.807, 2.05) is 4.57 Å². The SMILES string of the molecule is C[C@@H](OC(=O)Nc1ccc(-c2c(N)c3ccc(OC(F)F)cc3n2C2CCC2)cc1)C(F)(F)F. The van der Waals surface area contributed by atoms with Crippen molar-refractivity contribution >= 4 is 28.4 Å². The van der Waals surface area contributed by atoms with Crippen LogP contribution >= 0.6 is 0 Å². The molecule has 1 saturated carbocycles. The number of hydrogen-bond donors (Lipinski definition) is 2. The van der Waals surface area contributed by atoms with Crippen molar-refractivity contribution in [3.63, 3.8) is 0 Å². The predicted molar refractivity (Wildman–Crippen MR) is 117 cm³/mol. The summed E-state index contributed by atoms with van der Waals surface area (Å²) in [6.07, 6.45) is -5.31. The van der Waals surface area contributed by atoms with Gasteiger partial charge in [0.2, 0.25) is 0 Å². The van der Waals surface area contributed by atoms with Gasteiger partial charge in [0.25, 0.3) is 0 Å². The second kappa shape index (κ2) is 9.03. The Balaban J connectivity index is 1.64. The zero-order valence-electron chi connectivity index (χ0n) is 18.0. The lowest BCUT2D eigenvalue weighted by atomic mass is 9.92. The Bertz CT molecular complexity index is 1190. The summed E-state index contributed by atoms with van der Waals surface area (Å²) in [7, 11) is 0. The number of carbonyl (C=O) groups is 1. The minimum Gasteiger partial charge on any atom is -0.437 e. The van der Waals surface area contributed by atoms with E-state index in [1.165, 1.54) is 24.3 Å². The van der Waals surface area contributed by atoms with Crippen LogP contribution in [0.4, 0.5) is 38.1 Å². The molecule has 1 aromatic heterocycles. The van der Waals surface area contributed by atoms with Crippen LogP contribution in [0, 0.1) is 0 Å². The maximum Gasteiger partial charge on any atom is 0.425 e. The first-order valence-electron chi connectivity index (χ1n) is 10.6. The van der Waals surface area contributed by atoms with Crippen molar-refractivity contribution in [2.75, 3.05) is 11.1 Å². The van der Waals surface area contributed by atoms with E-state index in [-0.39, 0.29) is 17.5 Å². The lowest BCUT2D eigenvalue weighted by Crippen LogP contribution is -2.32. The summed E-state index contributed by atoms with van der Waals surface area (Å²) in [4.78, 5) is 11.8. The molecule has 6 nitrogen and oxygen atoms in total. The van der Waals surface area contributed by atoms with Crippen LogP contribution in [0.2, 0.25) is 0 Å². The predicted octanol–water partition coefficient (Wildman–Crippen LogP) is 6.72. The average molecular weight is 483 g/mol. The fraction of sp³-hybridized carbons (Fsp3) is 0.348. The molecule has 34 heavy (non-hydrogen) atoms. The van der Waals surface area contributed by atoms with Crippen molar-refractivity contribution in [3.8, 4) is 17.0 Å². The van der Waals surface area contributed by atoms with Crippen LogP contribution in [-0.4, -0.2) is 29.6 Å². The number of nitrogens with zero attached hydrogens (tertiary/aromatic N) is 1. The number of amides is 1. The highest BCUT2D eigenvalue weighted by molar-refractivity contribution is 6.01. The molecular weight excluding hydrogens is 461 g/mol. The number of aromatic nitrogens is 1. The second-order valence-electron chi connectivity index (χ2n) is 8.07. The van der Waals surface area contributed by atoms with E-state index in [0.29, 0.717) is 27.8 Å². The molecule has 182 valence electrons. The molecule has 1 atom stereocenters. The Kier molecular flexibility index (Phi) is 6.28. The number of carbonyl (C=O) groups excluding carboxylic acids is 1. The van der Waals surface area contributed by atoms with Crippen molar-refractivity contribution in [1.29, 1.82) is 0 Å². The summed E-state index contributed by atoms with van der Waals surface area (Å²) in [5.74, 6) is 0.0262. The van der Waals surface area contributed by atoms with Gasteiger partial charge in [0, 0.05) is 28.7 Å². The molecule has 0 radical (unpaired) electrons. The number of fused-ring (bicyclic) bond motifs is 1. The van der Waals surface area contributed by atoms with Crippen LogP contribution in [0.1, 0.15) is 32.2 Å². The van der Waals surface area contributed by atoms with Crippen LogP contribution in [0.5, 0.6) is 5.75 Å². The van der Waals surface area contributed by atoms with Gasteiger partial charge in [-0.05, 0) is 50.5 Å². The van der Waals surface area contributed by atoms with Gasteiger partial charge in [-0.2, -0.15) is 22.0 Å². The zero-order chi connectivity index (χ0) is 24.6. The van der Waals surface area contributed by atoms with E-state index >= 15 is 0 Å². The first kappa shape index (κ1) is 23.7. The molecule has 2 aromatic carbocycles. The topological polar surface area (TPSA) is 78.5 Å². The number of nitrogens with two attached hydrogens (primary N) is 1. The number of nitrogen functional groups attached to an aromatic ring is 1. The van der Waals surface area contributed by atoms with Crippen LogP contribution in [0.15, 0.2) is 42.5 Å². The van der Waals surface area contributed by atoms with E-state index < -0.39 is 25.0 Å². The summed E-state index contributed by atoms with van der Waals surface area (Å²) in [5, 5.41) is 2.95. The van der Waals surface area contributed by atoms with Crippen molar-refractivity contribution in [3.05, 3.63) is 42.5 Å². The second-order valence-corrected chi connectivity index (χ2v) is 8.07. The number of benzene rings is 2. The zero-order valence-corrected chi connectivity index (χ0v) is 18.0. The number of hydrogen-bond acceptors (Lipinski definition) is 4. The Morgan fingerprint density at radius 2 is 1.82 bits per heavy atom. The summed E-state index contributed by atoms with van der Waals surface area (Å²) >= 11 is 0. The summed E-state index contributed by atoms with van der Waals surface area (Å²) in [6, 6.07) is 11.1. The monoisotopic (exact) mass is 483 g/mol. The van der Waals surface area contributed by atoms with Crippen molar-refractivity contribution in [2.24, 2.45) is 0 Å². The fourth-order valence-electron chi connectivity index (χ4n) is 3.90. The van der Waals surface area contributed by atoms with E-state index in [2.05, 4.69) is 14.8 Å². The number of rotatable bonds is 6. The Morgan fingerprint density at radius 3 is 2.38 bits per heavy atom. The van der Waals surface area contributed by atoms with Crippen molar-refractivity contribution in [2.45, 2.75) is 51.1 Å². The lowest BCUT2D eigenvalue weighted by Gasteiger charge is -2.30. The molecule has 11 heteroatoms. The average Bonchev–Trinajstić information content (AvgIpc) is 2.98. The van der Waals surface area contributed by atoms with Gasteiger partial charge in [0.1, 0.15) is 5.75 Å². The third-order valence-corrected chi connectivity index (χ3v) is 5.83. The highest BCUT2D eigenvalue weighted by Gasteiger charge is 2.39. The summed E-state index contributed by atoms with van der Waals surface area (Å²) in [5.41, 5.74) is 9.20. The van der Waals surface area contributed by atoms with Crippen molar-refractivity contribution in [1.82, 2.24) is 4.57 Å². The highest BCUT2D eigenvalue weighted by atomic mass is 19.4. The van der Waals surface area contributed by atoms with Gasteiger partial charge in [-0.15, -0.1) is 0 Å². The van der Waals surface area contributed by atoms with E-state index in [9.17, 15) is 26.7 Å². The van der Waals surface area contributed by atoms with Gasteiger partial charge in [-0.25, -0.2) is 4.79 Å². The molecular formula is C23H22F5N3O3. The third kappa shape index (κ3) is 4.73. The van der Waals surface area contributed by atoms with Gasteiger partial charge in [-0.1, -0.05) is 12.1 Å². The third-order valence-electron chi connectivity index (χ3n) is 5.83.